The molecular formula is C20H19FN4O2. The van der Waals surface area contributed by atoms with E-state index in [0.29, 0.717) is 5.82 Å². The predicted molar refractivity (Wildman–Crippen MR) is 99.3 cm³/mol. The summed E-state index contributed by atoms with van der Waals surface area (Å²) < 4.78 is 20.0. The third kappa shape index (κ3) is 3.53. The van der Waals surface area contributed by atoms with Gasteiger partial charge in [-0.1, -0.05) is 6.42 Å². The van der Waals surface area contributed by atoms with Crippen molar-refractivity contribution in [1.82, 2.24) is 14.8 Å². The SMILES string of the molecule is COc1nc(-c2ccc(F)cc2)n(-c2ccc(NC(=O)C3CCC3)cc2)n1. The van der Waals surface area contributed by atoms with Crippen molar-refractivity contribution in [1.29, 1.82) is 0 Å². The van der Waals surface area contributed by atoms with E-state index in [-0.39, 0.29) is 23.7 Å². The lowest BCUT2D eigenvalue weighted by atomic mass is 9.85. The van der Waals surface area contributed by atoms with Gasteiger partial charge in [-0.3, -0.25) is 4.79 Å². The van der Waals surface area contributed by atoms with Gasteiger partial charge in [-0.05, 0) is 61.4 Å². The number of hydrogen-bond acceptors (Lipinski definition) is 4. The smallest absolute Gasteiger partial charge is 0.336 e. The number of carbonyl (C=O) groups is 1. The van der Waals surface area contributed by atoms with Crippen molar-refractivity contribution in [3.05, 3.63) is 54.3 Å². The number of carbonyl (C=O) groups excluding carboxylic acids is 1. The number of nitrogens with zero attached hydrogens (tertiary/aromatic N) is 3. The van der Waals surface area contributed by atoms with E-state index >= 15 is 0 Å². The number of methoxy groups -OCH3 is 1. The van der Waals surface area contributed by atoms with Gasteiger partial charge >= 0.3 is 6.01 Å². The van der Waals surface area contributed by atoms with Crippen LogP contribution in [0, 0.1) is 11.7 Å². The Bertz CT molecular complexity index is 947. The molecule has 4 rings (SSSR count). The van der Waals surface area contributed by atoms with E-state index < -0.39 is 0 Å². The van der Waals surface area contributed by atoms with Crippen molar-refractivity contribution in [3.8, 4) is 23.1 Å². The van der Waals surface area contributed by atoms with Crippen LogP contribution in [0.25, 0.3) is 17.1 Å². The second-order valence-electron chi connectivity index (χ2n) is 6.50. The maximum Gasteiger partial charge on any atom is 0.336 e. The molecule has 138 valence electrons. The topological polar surface area (TPSA) is 69.0 Å². The number of halogens is 1. The van der Waals surface area contributed by atoms with Crippen LogP contribution in [-0.4, -0.2) is 27.8 Å². The molecule has 0 spiro atoms. The molecule has 1 saturated carbocycles. The molecule has 27 heavy (non-hydrogen) atoms. The van der Waals surface area contributed by atoms with Crippen LogP contribution in [0.5, 0.6) is 6.01 Å². The molecule has 1 heterocycles. The third-order valence-corrected chi connectivity index (χ3v) is 4.73. The minimum atomic E-state index is -0.316. The maximum atomic E-state index is 13.2. The van der Waals surface area contributed by atoms with E-state index in [1.165, 1.54) is 19.2 Å². The normalized spacial score (nSPS) is 13.9. The third-order valence-electron chi connectivity index (χ3n) is 4.73. The minimum absolute atomic E-state index is 0.0726. The number of nitrogens with one attached hydrogen (secondary N) is 1. The lowest BCUT2D eigenvalue weighted by Crippen LogP contribution is -2.27. The van der Waals surface area contributed by atoms with Crippen molar-refractivity contribution in [3.63, 3.8) is 0 Å². The first kappa shape index (κ1) is 17.2. The molecule has 0 aliphatic heterocycles. The highest BCUT2D eigenvalue weighted by atomic mass is 19.1. The van der Waals surface area contributed by atoms with Crippen molar-refractivity contribution < 1.29 is 13.9 Å². The van der Waals surface area contributed by atoms with Crippen LogP contribution < -0.4 is 10.1 Å². The zero-order valence-corrected chi connectivity index (χ0v) is 14.9. The van der Waals surface area contributed by atoms with Gasteiger partial charge in [-0.25, -0.2) is 9.07 Å². The van der Waals surface area contributed by atoms with E-state index in [4.69, 9.17) is 4.74 Å². The van der Waals surface area contributed by atoms with Crippen LogP contribution >= 0.6 is 0 Å². The second kappa shape index (κ2) is 7.19. The minimum Gasteiger partial charge on any atom is -0.466 e. The molecule has 3 aromatic rings. The molecule has 2 aromatic carbocycles. The summed E-state index contributed by atoms with van der Waals surface area (Å²) in [6.07, 6.45) is 3.05. The molecule has 1 aliphatic carbocycles. The van der Waals surface area contributed by atoms with Gasteiger partial charge in [0.05, 0.1) is 12.8 Å². The first-order valence-corrected chi connectivity index (χ1v) is 8.82. The summed E-state index contributed by atoms with van der Waals surface area (Å²) in [5.41, 5.74) is 2.22. The summed E-state index contributed by atoms with van der Waals surface area (Å²) in [5, 5.41) is 7.28. The fourth-order valence-electron chi connectivity index (χ4n) is 2.95. The average molecular weight is 366 g/mol. The Morgan fingerprint density at radius 3 is 2.44 bits per heavy atom. The first-order valence-electron chi connectivity index (χ1n) is 8.82. The molecule has 0 radical (unpaired) electrons. The fraction of sp³-hybridized carbons (Fsp3) is 0.250. The largest absolute Gasteiger partial charge is 0.466 e. The molecule has 1 fully saturated rings. The van der Waals surface area contributed by atoms with Gasteiger partial charge in [0, 0.05) is 17.2 Å². The molecule has 1 aromatic heterocycles. The number of ether oxygens (including phenoxy) is 1. The number of benzene rings is 2. The molecule has 1 amide bonds. The monoisotopic (exact) mass is 366 g/mol. The molecule has 0 bridgehead atoms. The number of rotatable bonds is 5. The Labute approximate surface area is 156 Å². The highest BCUT2D eigenvalue weighted by Crippen LogP contribution is 2.28. The number of anilines is 1. The number of aromatic nitrogens is 3. The maximum absolute atomic E-state index is 13.2. The van der Waals surface area contributed by atoms with Crippen LogP contribution in [0.2, 0.25) is 0 Å². The highest BCUT2D eigenvalue weighted by Gasteiger charge is 2.25. The Kier molecular flexibility index (Phi) is 4.58. The van der Waals surface area contributed by atoms with E-state index in [0.717, 1.165) is 36.2 Å². The lowest BCUT2D eigenvalue weighted by molar-refractivity contribution is -0.122. The summed E-state index contributed by atoms with van der Waals surface area (Å²) in [6, 6.07) is 13.6. The summed E-state index contributed by atoms with van der Waals surface area (Å²) in [7, 11) is 1.49. The molecule has 1 aliphatic rings. The van der Waals surface area contributed by atoms with Gasteiger partial charge in [0.2, 0.25) is 5.91 Å². The van der Waals surface area contributed by atoms with E-state index in [1.54, 1.807) is 16.8 Å². The van der Waals surface area contributed by atoms with Crippen LogP contribution in [0.3, 0.4) is 0 Å². The summed E-state index contributed by atoms with van der Waals surface area (Å²) in [4.78, 5) is 16.4. The Morgan fingerprint density at radius 1 is 1.15 bits per heavy atom. The van der Waals surface area contributed by atoms with E-state index in [1.807, 2.05) is 24.3 Å². The van der Waals surface area contributed by atoms with Crippen molar-refractivity contribution in [2.75, 3.05) is 12.4 Å². The summed E-state index contributed by atoms with van der Waals surface area (Å²) in [6.45, 7) is 0. The van der Waals surface area contributed by atoms with Gasteiger partial charge in [-0.15, -0.1) is 5.10 Å². The number of amides is 1. The first-order chi connectivity index (χ1) is 13.1. The van der Waals surface area contributed by atoms with Crippen molar-refractivity contribution in [2.24, 2.45) is 5.92 Å². The zero-order chi connectivity index (χ0) is 18.8. The van der Waals surface area contributed by atoms with Crippen molar-refractivity contribution in [2.45, 2.75) is 19.3 Å². The molecule has 7 heteroatoms. The fourth-order valence-corrected chi connectivity index (χ4v) is 2.95. The van der Waals surface area contributed by atoms with Gasteiger partial charge in [-0.2, -0.15) is 4.98 Å². The van der Waals surface area contributed by atoms with Gasteiger partial charge in [0.1, 0.15) is 5.82 Å². The average Bonchev–Trinajstić information content (AvgIpc) is 3.06. The molecule has 1 N–H and O–H groups in total. The molecule has 6 nitrogen and oxygen atoms in total. The predicted octanol–water partition coefficient (Wildman–Crippen LogP) is 3.82. The zero-order valence-electron chi connectivity index (χ0n) is 14.9. The van der Waals surface area contributed by atoms with Crippen LogP contribution in [-0.2, 0) is 4.79 Å². The van der Waals surface area contributed by atoms with Crippen LogP contribution in [0.4, 0.5) is 10.1 Å². The standard InChI is InChI=1S/C20H19FN4O2/c1-27-20-23-18(13-5-7-15(21)8-6-13)25(24-20)17-11-9-16(10-12-17)22-19(26)14-3-2-4-14/h5-12,14H,2-4H2,1H3,(H,22,26). The Morgan fingerprint density at radius 2 is 1.85 bits per heavy atom. The molecule has 0 atom stereocenters. The summed E-state index contributed by atoms with van der Waals surface area (Å²) >= 11 is 0. The van der Waals surface area contributed by atoms with Crippen molar-refractivity contribution >= 4 is 11.6 Å². The van der Waals surface area contributed by atoms with E-state index in [9.17, 15) is 9.18 Å². The highest BCUT2D eigenvalue weighted by molar-refractivity contribution is 5.93. The lowest BCUT2D eigenvalue weighted by Gasteiger charge is -2.24. The quantitative estimate of drug-likeness (QED) is 0.745. The Balaban J connectivity index is 1.61. The molecule has 0 unspecified atom stereocenters. The van der Waals surface area contributed by atoms with Gasteiger partial charge in [0.25, 0.3) is 0 Å². The summed E-state index contributed by atoms with van der Waals surface area (Å²) in [5.74, 6) is 0.430. The van der Waals surface area contributed by atoms with Crippen LogP contribution in [0.15, 0.2) is 48.5 Å². The molecular weight excluding hydrogens is 347 g/mol. The number of hydrogen-bond donors (Lipinski definition) is 1. The van der Waals surface area contributed by atoms with Gasteiger partial charge in [0.15, 0.2) is 5.82 Å². The van der Waals surface area contributed by atoms with Gasteiger partial charge < -0.3 is 10.1 Å². The van der Waals surface area contributed by atoms with Crippen LogP contribution in [0.1, 0.15) is 19.3 Å². The second-order valence-corrected chi connectivity index (χ2v) is 6.50. The Hall–Kier alpha value is -3.22. The van der Waals surface area contributed by atoms with E-state index in [2.05, 4.69) is 15.4 Å². The molecule has 0 saturated heterocycles.